The van der Waals surface area contributed by atoms with Crippen LogP contribution in [0.25, 0.3) is 22.3 Å². The Morgan fingerprint density at radius 1 is 1.12 bits per heavy atom. The molecule has 0 radical (unpaired) electrons. The number of halogens is 4. The van der Waals surface area contributed by atoms with E-state index in [1.165, 1.54) is 12.4 Å². The SMILES string of the molecule is C=CC(=O)N1CCCC(n2nc(-c3ccc(CCC(=O)c4ccc(F)c(C(F)(F)F)c4)cc3)c3c(N)ncnc32)C1. The molecule has 0 spiro atoms. The number of likely N-dealkylation sites (tertiary alicyclic amines) is 1. The van der Waals surface area contributed by atoms with Gasteiger partial charge in [0.25, 0.3) is 0 Å². The number of carbonyl (C=O) groups excluding carboxylic acids is 2. The smallest absolute Gasteiger partial charge is 0.383 e. The number of fused-ring (bicyclic) bond motifs is 1. The predicted molar refractivity (Wildman–Crippen MR) is 144 cm³/mol. The molecule has 2 aromatic carbocycles. The van der Waals surface area contributed by atoms with Crippen LogP contribution in [0.1, 0.15) is 46.8 Å². The lowest BCUT2D eigenvalue weighted by molar-refractivity contribution is -0.140. The second kappa shape index (κ2) is 11.1. The lowest BCUT2D eigenvalue weighted by atomic mass is 9.99. The first-order chi connectivity index (χ1) is 19.6. The molecule has 1 unspecified atom stereocenters. The van der Waals surface area contributed by atoms with Crippen molar-refractivity contribution in [2.24, 2.45) is 0 Å². The number of aromatic nitrogens is 4. The molecule has 5 rings (SSSR count). The van der Waals surface area contributed by atoms with E-state index in [1.54, 1.807) is 21.7 Å². The van der Waals surface area contributed by atoms with Crippen molar-refractivity contribution in [2.45, 2.75) is 37.9 Å². The molecule has 0 saturated carbocycles. The number of hydrogen-bond donors (Lipinski definition) is 1. The molecule has 1 atom stereocenters. The van der Waals surface area contributed by atoms with Crippen LogP contribution in [0.3, 0.4) is 0 Å². The van der Waals surface area contributed by atoms with Crippen LogP contribution < -0.4 is 5.73 Å². The number of carbonyl (C=O) groups is 2. The maximum atomic E-state index is 13.6. The summed E-state index contributed by atoms with van der Waals surface area (Å²) in [6, 6.07) is 9.36. The Hall–Kier alpha value is -4.61. The van der Waals surface area contributed by atoms with Crippen LogP contribution >= 0.6 is 0 Å². The number of hydrogen-bond acceptors (Lipinski definition) is 6. The highest BCUT2D eigenvalue weighted by atomic mass is 19.4. The molecule has 2 aromatic heterocycles. The molecule has 4 aromatic rings. The van der Waals surface area contributed by atoms with E-state index in [9.17, 15) is 27.2 Å². The minimum absolute atomic E-state index is 0.0533. The van der Waals surface area contributed by atoms with Crippen molar-refractivity contribution in [3.8, 4) is 11.3 Å². The van der Waals surface area contributed by atoms with E-state index in [0.29, 0.717) is 41.9 Å². The second-order valence-corrected chi connectivity index (χ2v) is 9.85. The first-order valence-electron chi connectivity index (χ1n) is 13.0. The first kappa shape index (κ1) is 27.9. The van der Waals surface area contributed by atoms with Crippen LogP contribution in [0, 0.1) is 5.82 Å². The lowest BCUT2D eigenvalue weighted by Crippen LogP contribution is -2.40. The van der Waals surface area contributed by atoms with Gasteiger partial charge in [-0.3, -0.25) is 9.59 Å². The van der Waals surface area contributed by atoms with Crippen LogP contribution in [0.4, 0.5) is 23.4 Å². The fourth-order valence-electron chi connectivity index (χ4n) is 5.08. The summed E-state index contributed by atoms with van der Waals surface area (Å²) in [5.74, 6) is -1.82. The average Bonchev–Trinajstić information content (AvgIpc) is 3.36. The summed E-state index contributed by atoms with van der Waals surface area (Å²) < 4.78 is 54.4. The van der Waals surface area contributed by atoms with E-state index in [0.717, 1.165) is 30.0 Å². The van der Waals surface area contributed by atoms with Crippen molar-refractivity contribution in [2.75, 3.05) is 18.8 Å². The van der Waals surface area contributed by atoms with E-state index in [-0.39, 0.29) is 36.2 Å². The quantitative estimate of drug-likeness (QED) is 0.182. The van der Waals surface area contributed by atoms with E-state index in [2.05, 4.69) is 16.5 Å². The van der Waals surface area contributed by atoms with E-state index < -0.39 is 23.3 Å². The number of anilines is 1. The molecule has 2 N–H and O–H groups in total. The molecule has 0 bridgehead atoms. The van der Waals surface area contributed by atoms with Crippen molar-refractivity contribution in [1.29, 1.82) is 0 Å². The summed E-state index contributed by atoms with van der Waals surface area (Å²) in [5, 5.41) is 5.42. The van der Waals surface area contributed by atoms with Gasteiger partial charge in [-0.2, -0.15) is 18.3 Å². The van der Waals surface area contributed by atoms with E-state index in [1.807, 2.05) is 12.1 Å². The zero-order chi connectivity index (χ0) is 29.3. The molecule has 212 valence electrons. The van der Waals surface area contributed by atoms with Gasteiger partial charge in [-0.25, -0.2) is 19.0 Å². The number of benzene rings is 2. The Bertz CT molecular complexity index is 1630. The van der Waals surface area contributed by atoms with E-state index >= 15 is 0 Å². The lowest BCUT2D eigenvalue weighted by Gasteiger charge is -2.32. The van der Waals surface area contributed by atoms with Crippen molar-refractivity contribution < 1.29 is 27.2 Å². The van der Waals surface area contributed by atoms with Crippen molar-refractivity contribution in [3.63, 3.8) is 0 Å². The molecular weight excluding hydrogens is 540 g/mol. The van der Waals surface area contributed by atoms with Gasteiger partial charge in [0.15, 0.2) is 11.4 Å². The molecule has 3 heterocycles. The summed E-state index contributed by atoms with van der Waals surface area (Å²) >= 11 is 0. The van der Waals surface area contributed by atoms with Gasteiger partial charge in [0, 0.05) is 30.6 Å². The number of alkyl halides is 3. The topological polar surface area (TPSA) is 107 Å². The Kier molecular flexibility index (Phi) is 7.57. The molecule has 1 fully saturated rings. The number of rotatable bonds is 7. The number of piperidine rings is 1. The van der Waals surface area contributed by atoms with Crippen LogP contribution in [0.5, 0.6) is 0 Å². The highest BCUT2D eigenvalue weighted by molar-refractivity contribution is 5.98. The summed E-state index contributed by atoms with van der Waals surface area (Å²) in [7, 11) is 0. The van der Waals surface area contributed by atoms with Crippen molar-refractivity contribution >= 4 is 28.5 Å². The monoisotopic (exact) mass is 566 g/mol. The summed E-state index contributed by atoms with van der Waals surface area (Å²) in [5.41, 5.74) is 7.20. The summed E-state index contributed by atoms with van der Waals surface area (Å²) in [6.07, 6.45) is -0.411. The zero-order valence-electron chi connectivity index (χ0n) is 21.9. The Labute approximate surface area is 232 Å². The van der Waals surface area contributed by atoms with Gasteiger partial charge in [-0.05, 0) is 49.1 Å². The predicted octanol–water partition coefficient (Wildman–Crippen LogP) is 5.40. The highest BCUT2D eigenvalue weighted by Crippen LogP contribution is 2.34. The number of ketones is 1. The molecule has 1 aliphatic heterocycles. The maximum absolute atomic E-state index is 13.6. The fourth-order valence-corrected chi connectivity index (χ4v) is 5.08. The van der Waals surface area contributed by atoms with Gasteiger partial charge < -0.3 is 10.6 Å². The first-order valence-corrected chi connectivity index (χ1v) is 13.0. The van der Waals surface area contributed by atoms with Gasteiger partial charge in [-0.1, -0.05) is 30.8 Å². The van der Waals surface area contributed by atoms with Crippen LogP contribution in [0.15, 0.2) is 61.4 Å². The zero-order valence-corrected chi connectivity index (χ0v) is 21.9. The number of nitrogen functional groups attached to an aromatic ring is 1. The molecular formula is C29H26F4N6O2. The number of nitrogens with two attached hydrogens (primary N) is 1. The minimum atomic E-state index is -4.89. The molecule has 12 heteroatoms. The number of amides is 1. The Balaban J connectivity index is 1.36. The third kappa shape index (κ3) is 5.67. The second-order valence-electron chi connectivity index (χ2n) is 9.85. The minimum Gasteiger partial charge on any atom is -0.383 e. The number of nitrogens with zero attached hydrogens (tertiary/aromatic N) is 5. The molecule has 1 aliphatic rings. The van der Waals surface area contributed by atoms with Crippen LogP contribution in [0.2, 0.25) is 0 Å². The van der Waals surface area contributed by atoms with Crippen LogP contribution in [-0.2, 0) is 17.4 Å². The fraction of sp³-hybridized carbons (Fsp3) is 0.276. The Morgan fingerprint density at radius 2 is 1.88 bits per heavy atom. The maximum Gasteiger partial charge on any atom is 0.419 e. The molecule has 8 nitrogen and oxygen atoms in total. The Morgan fingerprint density at radius 3 is 2.59 bits per heavy atom. The number of Topliss-reactive ketones (excluding diaryl/α,β-unsaturated/α-hetero) is 1. The van der Waals surface area contributed by atoms with Crippen LogP contribution in [-0.4, -0.2) is 49.4 Å². The standard InChI is InChI=1S/C29H26F4N6O2/c1-2-24(41)38-13-3-4-20(15-38)39-28-25(27(34)35-16-36-28)26(37-39)18-8-5-17(6-9-18)7-12-23(40)19-10-11-22(30)21(14-19)29(31,32)33/h2,5-6,8-11,14,16,20H,1,3-4,7,12-13,15H2,(H2,34,35,36). The average molecular weight is 567 g/mol. The van der Waals surface area contributed by atoms with Gasteiger partial charge in [0.05, 0.1) is 17.0 Å². The highest BCUT2D eigenvalue weighted by Gasteiger charge is 2.34. The summed E-state index contributed by atoms with van der Waals surface area (Å²) in [4.78, 5) is 35.1. The van der Waals surface area contributed by atoms with Crippen molar-refractivity contribution in [3.05, 3.63) is 84.0 Å². The van der Waals surface area contributed by atoms with E-state index in [4.69, 9.17) is 10.8 Å². The third-order valence-corrected chi connectivity index (χ3v) is 7.21. The largest absolute Gasteiger partial charge is 0.419 e. The van der Waals surface area contributed by atoms with Crippen molar-refractivity contribution in [1.82, 2.24) is 24.6 Å². The summed E-state index contributed by atoms with van der Waals surface area (Å²) in [6.45, 7) is 4.67. The third-order valence-electron chi connectivity index (χ3n) is 7.21. The molecule has 1 saturated heterocycles. The van der Waals surface area contributed by atoms with Gasteiger partial charge in [-0.15, -0.1) is 0 Å². The normalized spacial score (nSPS) is 15.7. The number of aryl methyl sites for hydroxylation is 1. The van der Waals surface area contributed by atoms with Gasteiger partial charge in [0.2, 0.25) is 5.91 Å². The van der Waals surface area contributed by atoms with Gasteiger partial charge >= 0.3 is 6.18 Å². The molecule has 41 heavy (non-hydrogen) atoms. The molecule has 0 aliphatic carbocycles. The molecule has 1 amide bonds. The van der Waals surface area contributed by atoms with Gasteiger partial charge in [0.1, 0.15) is 23.7 Å².